The van der Waals surface area contributed by atoms with Gasteiger partial charge in [0.1, 0.15) is 0 Å². The Balaban J connectivity index is 1.93. The lowest BCUT2D eigenvalue weighted by Gasteiger charge is -2.32. The van der Waals surface area contributed by atoms with E-state index in [1.54, 1.807) is 0 Å². The fourth-order valence-corrected chi connectivity index (χ4v) is 3.68. The molecule has 3 amide bonds. The van der Waals surface area contributed by atoms with Gasteiger partial charge in [0.15, 0.2) is 0 Å². The predicted molar refractivity (Wildman–Crippen MR) is 106 cm³/mol. The first kappa shape index (κ1) is 21.4. The van der Waals surface area contributed by atoms with Crippen LogP contribution in [0, 0.1) is 5.92 Å². The molecule has 0 bridgehead atoms. The van der Waals surface area contributed by atoms with E-state index < -0.39 is 6.03 Å². The summed E-state index contributed by atoms with van der Waals surface area (Å²) in [6.07, 6.45) is 5.40. The van der Waals surface area contributed by atoms with Gasteiger partial charge >= 0.3 is 6.03 Å². The molecule has 1 aliphatic rings. The average Bonchev–Trinajstić information content (AvgIpc) is 2.63. The van der Waals surface area contributed by atoms with E-state index in [0.29, 0.717) is 6.54 Å². The number of urea groups is 1. The summed E-state index contributed by atoms with van der Waals surface area (Å²) >= 11 is 0. The van der Waals surface area contributed by atoms with Crippen molar-refractivity contribution in [3.05, 3.63) is 35.9 Å². The molecule has 0 saturated heterocycles. The number of aliphatic hydroxyl groups excluding tert-OH is 1. The number of rotatable bonds is 8. The molecular weight excluding hydrogens is 342 g/mol. The number of imide groups is 1. The second kappa shape index (κ2) is 11.0. The lowest BCUT2D eigenvalue weighted by molar-refractivity contribution is -0.122. The lowest BCUT2D eigenvalue weighted by atomic mass is 9.96. The molecule has 1 unspecified atom stereocenters. The molecule has 2 rings (SSSR count). The molecule has 1 atom stereocenters. The highest BCUT2D eigenvalue weighted by molar-refractivity contribution is 5.95. The molecule has 0 radical (unpaired) electrons. The first-order chi connectivity index (χ1) is 13.0. The Hall–Kier alpha value is -1.92. The summed E-state index contributed by atoms with van der Waals surface area (Å²) in [5.74, 6) is -0.166. The van der Waals surface area contributed by atoms with Crippen LogP contribution in [0.4, 0.5) is 4.79 Å². The molecule has 1 saturated carbocycles. The van der Waals surface area contributed by atoms with Crippen LogP contribution in [0.3, 0.4) is 0 Å². The minimum absolute atomic E-state index is 0.0357. The number of amides is 3. The highest BCUT2D eigenvalue weighted by atomic mass is 16.3. The quantitative estimate of drug-likeness (QED) is 0.652. The Labute approximate surface area is 162 Å². The molecule has 27 heavy (non-hydrogen) atoms. The largest absolute Gasteiger partial charge is 0.395 e. The van der Waals surface area contributed by atoms with E-state index in [4.69, 9.17) is 0 Å². The Kier molecular flexibility index (Phi) is 8.75. The van der Waals surface area contributed by atoms with Crippen LogP contribution in [0.15, 0.2) is 30.3 Å². The van der Waals surface area contributed by atoms with Crippen LogP contribution < -0.4 is 10.6 Å². The second-order valence-corrected chi connectivity index (χ2v) is 7.74. The molecule has 0 spiro atoms. The Morgan fingerprint density at radius 1 is 1.15 bits per heavy atom. The molecular formula is C21H33N3O3. The average molecular weight is 376 g/mol. The van der Waals surface area contributed by atoms with Crippen LogP contribution in [0.5, 0.6) is 0 Å². The first-order valence-corrected chi connectivity index (χ1v) is 9.98. The number of nitrogens with zero attached hydrogens (tertiary/aromatic N) is 1. The van der Waals surface area contributed by atoms with Gasteiger partial charge in [-0.2, -0.15) is 0 Å². The van der Waals surface area contributed by atoms with E-state index in [2.05, 4.69) is 10.6 Å². The number of carbonyl (C=O) groups is 2. The number of hydrogen-bond donors (Lipinski definition) is 3. The van der Waals surface area contributed by atoms with Crippen molar-refractivity contribution < 1.29 is 14.7 Å². The summed E-state index contributed by atoms with van der Waals surface area (Å²) in [7, 11) is 0. The molecule has 0 aromatic heterocycles. The molecule has 0 heterocycles. The van der Waals surface area contributed by atoms with Gasteiger partial charge in [0.05, 0.1) is 13.2 Å². The van der Waals surface area contributed by atoms with E-state index in [0.717, 1.165) is 31.2 Å². The maximum absolute atomic E-state index is 12.4. The molecule has 6 heteroatoms. The van der Waals surface area contributed by atoms with Crippen molar-refractivity contribution in [2.24, 2.45) is 5.92 Å². The molecule has 1 aliphatic carbocycles. The van der Waals surface area contributed by atoms with Crippen LogP contribution in [-0.2, 0) is 11.3 Å². The highest BCUT2D eigenvalue weighted by Gasteiger charge is 2.25. The van der Waals surface area contributed by atoms with Crippen molar-refractivity contribution in [1.82, 2.24) is 15.5 Å². The van der Waals surface area contributed by atoms with Crippen molar-refractivity contribution in [2.75, 3.05) is 13.2 Å². The number of nitrogens with one attached hydrogen (secondary N) is 2. The van der Waals surface area contributed by atoms with Crippen molar-refractivity contribution in [2.45, 2.75) is 64.6 Å². The topological polar surface area (TPSA) is 81.7 Å². The van der Waals surface area contributed by atoms with Gasteiger partial charge in [-0.15, -0.1) is 0 Å². The SMILES string of the molecule is CC(C)C(CO)N(CC(=O)NC(=O)NC1CCCCC1)Cc1ccccc1. The normalized spacial score (nSPS) is 16.3. The standard InChI is InChI=1S/C21H33N3O3/c1-16(2)19(15-25)24(13-17-9-5-3-6-10-17)14-20(26)23-21(27)22-18-11-7-4-8-12-18/h3,5-6,9-10,16,18-19,25H,4,7-8,11-15H2,1-2H3,(H2,22,23,26,27). The number of benzene rings is 1. The zero-order valence-electron chi connectivity index (χ0n) is 16.5. The van der Waals surface area contributed by atoms with Gasteiger partial charge in [-0.05, 0) is 24.3 Å². The Morgan fingerprint density at radius 2 is 1.81 bits per heavy atom. The van der Waals surface area contributed by atoms with Gasteiger partial charge in [0.25, 0.3) is 0 Å². The second-order valence-electron chi connectivity index (χ2n) is 7.74. The highest BCUT2D eigenvalue weighted by Crippen LogP contribution is 2.17. The summed E-state index contributed by atoms with van der Waals surface area (Å²) in [6, 6.07) is 9.43. The van der Waals surface area contributed by atoms with Gasteiger partial charge in [-0.3, -0.25) is 15.0 Å². The predicted octanol–water partition coefficient (Wildman–Crippen LogP) is 2.66. The van der Waals surface area contributed by atoms with Crippen molar-refractivity contribution in [1.29, 1.82) is 0 Å². The Bertz CT molecular complexity index is 586. The van der Waals surface area contributed by atoms with E-state index >= 15 is 0 Å². The van der Waals surface area contributed by atoms with E-state index in [1.165, 1.54) is 6.42 Å². The summed E-state index contributed by atoms with van der Waals surface area (Å²) < 4.78 is 0. The molecule has 150 valence electrons. The summed E-state index contributed by atoms with van der Waals surface area (Å²) in [5.41, 5.74) is 1.07. The maximum atomic E-state index is 12.4. The van der Waals surface area contributed by atoms with Crippen molar-refractivity contribution in [3.8, 4) is 0 Å². The van der Waals surface area contributed by atoms with Crippen LogP contribution in [0.25, 0.3) is 0 Å². The Morgan fingerprint density at radius 3 is 2.41 bits per heavy atom. The van der Waals surface area contributed by atoms with E-state index in [1.807, 2.05) is 49.1 Å². The van der Waals surface area contributed by atoms with Crippen molar-refractivity contribution >= 4 is 11.9 Å². The minimum Gasteiger partial charge on any atom is -0.395 e. The van der Waals surface area contributed by atoms with Crippen LogP contribution in [0.1, 0.15) is 51.5 Å². The number of hydrogen-bond acceptors (Lipinski definition) is 4. The molecule has 1 fully saturated rings. The molecule has 6 nitrogen and oxygen atoms in total. The third kappa shape index (κ3) is 7.31. The summed E-state index contributed by atoms with van der Waals surface area (Å²) in [5, 5.41) is 15.2. The van der Waals surface area contributed by atoms with Gasteiger partial charge in [-0.25, -0.2) is 4.79 Å². The number of aliphatic hydroxyl groups is 1. The van der Waals surface area contributed by atoms with E-state index in [-0.39, 0.29) is 37.1 Å². The van der Waals surface area contributed by atoms with Crippen LogP contribution in [-0.4, -0.2) is 47.2 Å². The fraction of sp³-hybridized carbons (Fsp3) is 0.619. The third-order valence-corrected chi connectivity index (χ3v) is 5.19. The molecule has 1 aromatic rings. The van der Waals surface area contributed by atoms with Gasteiger partial charge in [0, 0.05) is 18.6 Å². The maximum Gasteiger partial charge on any atom is 0.321 e. The monoisotopic (exact) mass is 375 g/mol. The van der Waals surface area contributed by atoms with E-state index in [9.17, 15) is 14.7 Å². The molecule has 1 aromatic carbocycles. The molecule has 3 N–H and O–H groups in total. The fourth-order valence-electron chi connectivity index (χ4n) is 3.68. The zero-order chi connectivity index (χ0) is 19.6. The van der Waals surface area contributed by atoms with Gasteiger partial charge in [-0.1, -0.05) is 63.4 Å². The zero-order valence-corrected chi connectivity index (χ0v) is 16.5. The molecule has 0 aliphatic heterocycles. The minimum atomic E-state index is -0.420. The van der Waals surface area contributed by atoms with Gasteiger partial charge < -0.3 is 10.4 Å². The van der Waals surface area contributed by atoms with Crippen LogP contribution in [0.2, 0.25) is 0 Å². The summed E-state index contributed by atoms with van der Waals surface area (Å²) in [4.78, 5) is 26.5. The third-order valence-electron chi connectivity index (χ3n) is 5.19. The smallest absolute Gasteiger partial charge is 0.321 e. The number of carbonyl (C=O) groups excluding carboxylic acids is 2. The lowest BCUT2D eigenvalue weighted by Crippen LogP contribution is -2.50. The van der Waals surface area contributed by atoms with Crippen molar-refractivity contribution in [3.63, 3.8) is 0 Å². The van der Waals surface area contributed by atoms with Crippen LogP contribution >= 0.6 is 0 Å². The van der Waals surface area contributed by atoms with Gasteiger partial charge in [0.2, 0.25) is 5.91 Å². The first-order valence-electron chi connectivity index (χ1n) is 9.98. The summed E-state index contributed by atoms with van der Waals surface area (Å²) in [6.45, 7) is 4.61.